The largest absolute Gasteiger partial charge is 0.478 e. The Morgan fingerprint density at radius 2 is 2.19 bits per heavy atom. The lowest BCUT2D eigenvalue weighted by molar-refractivity contribution is 0.0250. The summed E-state index contributed by atoms with van der Waals surface area (Å²) in [6.45, 7) is 4.29. The Kier molecular flexibility index (Phi) is 4.36. The number of carbonyl (C=O) groups is 1. The molecule has 2 N–H and O–H groups in total. The molecule has 1 unspecified atom stereocenters. The summed E-state index contributed by atoms with van der Waals surface area (Å²) in [6, 6.07) is 4.07. The zero-order valence-electron chi connectivity index (χ0n) is 12.0. The van der Waals surface area contributed by atoms with Crippen molar-refractivity contribution in [2.24, 2.45) is 0 Å². The fourth-order valence-corrected chi connectivity index (χ4v) is 3.49. The Balaban J connectivity index is 2.19. The van der Waals surface area contributed by atoms with Crippen LogP contribution in [0.2, 0.25) is 0 Å². The van der Waals surface area contributed by atoms with E-state index in [4.69, 9.17) is 9.84 Å². The second-order valence-corrected chi connectivity index (χ2v) is 7.28. The van der Waals surface area contributed by atoms with Crippen molar-refractivity contribution in [3.05, 3.63) is 29.3 Å². The summed E-state index contributed by atoms with van der Waals surface area (Å²) in [5.74, 6) is -1.14. The average molecular weight is 313 g/mol. The second-order valence-electron chi connectivity index (χ2n) is 5.51. The van der Waals surface area contributed by atoms with Gasteiger partial charge in [-0.2, -0.15) is 0 Å². The number of carboxylic acids is 1. The van der Waals surface area contributed by atoms with Crippen LogP contribution in [-0.2, 0) is 14.8 Å². The van der Waals surface area contributed by atoms with E-state index in [-0.39, 0.29) is 17.0 Å². The summed E-state index contributed by atoms with van der Waals surface area (Å²) in [5, 5.41) is 9.06. The number of carboxylic acid groups (broad SMARTS) is 1. The first-order valence-corrected chi connectivity index (χ1v) is 8.19. The van der Waals surface area contributed by atoms with E-state index in [2.05, 4.69) is 4.72 Å². The molecule has 1 aliphatic rings. The molecule has 2 rings (SSSR count). The number of nitrogens with one attached hydrogen (secondary N) is 1. The van der Waals surface area contributed by atoms with Gasteiger partial charge in [0.25, 0.3) is 0 Å². The molecule has 0 spiro atoms. The summed E-state index contributed by atoms with van der Waals surface area (Å²) in [5.41, 5.74) is 0.0154. The molecule has 1 saturated heterocycles. The van der Waals surface area contributed by atoms with Crippen molar-refractivity contribution < 1.29 is 23.1 Å². The molecule has 1 heterocycles. The number of ether oxygens (including phenoxy) is 1. The van der Waals surface area contributed by atoms with Gasteiger partial charge in [-0.3, -0.25) is 0 Å². The minimum Gasteiger partial charge on any atom is -0.478 e. The minimum absolute atomic E-state index is 0.0128. The first kappa shape index (κ1) is 15.9. The van der Waals surface area contributed by atoms with Crippen LogP contribution in [0.25, 0.3) is 0 Å². The molecule has 6 nitrogen and oxygen atoms in total. The fourth-order valence-electron chi connectivity index (χ4n) is 2.31. The second kappa shape index (κ2) is 5.75. The molecule has 1 fully saturated rings. The first-order valence-electron chi connectivity index (χ1n) is 6.71. The maximum Gasteiger partial charge on any atom is 0.335 e. The minimum atomic E-state index is -3.75. The number of hydrogen-bond acceptors (Lipinski definition) is 4. The molecular formula is C14H19NO5S. The van der Waals surface area contributed by atoms with Gasteiger partial charge >= 0.3 is 5.97 Å². The highest BCUT2D eigenvalue weighted by Crippen LogP contribution is 2.25. The Labute approximate surface area is 124 Å². The molecule has 21 heavy (non-hydrogen) atoms. The molecule has 7 heteroatoms. The van der Waals surface area contributed by atoms with E-state index in [0.29, 0.717) is 12.2 Å². The van der Waals surface area contributed by atoms with E-state index in [0.717, 1.165) is 12.8 Å². The molecule has 0 aromatic heterocycles. The van der Waals surface area contributed by atoms with E-state index < -0.39 is 21.6 Å². The van der Waals surface area contributed by atoms with Crippen molar-refractivity contribution in [3.8, 4) is 0 Å². The van der Waals surface area contributed by atoms with E-state index >= 15 is 0 Å². The highest BCUT2D eigenvalue weighted by molar-refractivity contribution is 7.89. The lowest BCUT2D eigenvalue weighted by Gasteiger charge is -2.23. The first-order chi connectivity index (χ1) is 9.73. The number of aromatic carboxylic acids is 1. The number of rotatable bonds is 5. The summed E-state index contributed by atoms with van der Waals surface area (Å²) >= 11 is 0. The van der Waals surface area contributed by atoms with Gasteiger partial charge < -0.3 is 9.84 Å². The average Bonchev–Trinajstić information content (AvgIpc) is 2.84. The van der Waals surface area contributed by atoms with Gasteiger partial charge in [-0.15, -0.1) is 0 Å². The molecular weight excluding hydrogens is 294 g/mol. The quantitative estimate of drug-likeness (QED) is 0.860. The highest BCUT2D eigenvalue weighted by Gasteiger charge is 2.31. The number of aryl methyl sites for hydroxylation is 1. The number of sulfonamides is 1. The zero-order chi connectivity index (χ0) is 15.7. The van der Waals surface area contributed by atoms with Crippen molar-refractivity contribution in [1.29, 1.82) is 0 Å². The predicted molar refractivity (Wildman–Crippen MR) is 76.9 cm³/mol. The van der Waals surface area contributed by atoms with E-state index in [1.807, 2.05) is 6.92 Å². The lowest BCUT2D eigenvalue weighted by Crippen LogP contribution is -2.40. The van der Waals surface area contributed by atoms with Crippen LogP contribution in [0.4, 0.5) is 0 Å². The van der Waals surface area contributed by atoms with Gasteiger partial charge in [0.15, 0.2) is 0 Å². The maximum absolute atomic E-state index is 12.3. The van der Waals surface area contributed by atoms with Gasteiger partial charge in [0.2, 0.25) is 10.0 Å². The molecule has 0 bridgehead atoms. The smallest absolute Gasteiger partial charge is 0.335 e. The van der Waals surface area contributed by atoms with Crippen molar-refractivity contribution in [2.45, 2.75) is 37.2 Å². The Bertz CT molecular complexity index is 647. The van der Waals surface area contributed by atoms with Crippen LogP contribution >= 0.6 is 0 Å². The monoisotopic (exact) mass is 313 g/mol. The summed E-state index contributed by atoms with van der Waals surface area (Å²) in [7, 11) is -3.75. The molecule has 1 aromatic rings. The zero-order valence-corrected chi connectivity index (χ0v) is 12.9. The van der Waals surface area contributed by atoms with Crippen molar-refractivity contribution in [2.75, 3.05) is 13.2 Å². The van der Waals surface area contributed by atoms with Crippen molar-refractivity contribution in [3.63, 3.8) is 0 Å². The van der Waals surface area contributed by atoms with Crippen LogP contribution in [0.1, 0.15) is 35.7 Å². The Morgan fingerprint density at radius 1 is 1.48 bits per heavy atom. The third-order valence-electron chi connectivity index (χ3n) is 3.69. The molecule has 0 saturated carbocycles. The lowest BCUT2D eigenvalue weighted by atomic mass is 10.0. The summed E-state index contributed by atoms with van der Waals surface area (Å²) in [4.78, 5) is 11.0. The highest BCUT2D eigenvalue weighted by atomic mass is 32.2. The molecule has 0 amide bonds. The number of benzene rings is 1. The van der Waals surface area contributed by atoms with Crippen LogP contribution in [-0.4, -0.2) is 38.2 Å². The molecule has 1 aliphatic heterocycles. The van der Waals surface area contributed by atoms with E-state index in [1.54, 1.807) is 6.92 Å². The summed E-state index contributed by atoms with van der Waals surface area (Å²) in [6.07, 6.45) is 1.70. The summed E-state index contributed by atoms with van der Waals surface area (Å²) < 4.78 is 32.5. The normalized spacial score (nSPS) is 22.4. The standard InChI is InChI=1S/C14H19NO5S/c1-10-4-5-11(8-12(10)13(16)17)21(18,19)15-9-14(2)6-3-7-20-14/h4-5,8,15H,3,6-7,9H2,1-2H3,(H,16,17). The van der Waals surface area contributed by atoms with E-state index in [9.17, 15) is 13.2 Å². The van der Waals surface area contributed by atoms with Gasteiger partial charge in [0.05, 0.1) is 16.1 Å². The molecule has 116 valence electrons. The maximum atomic E-state index is 12.3. The van der Waals surface area contributed by atoms with Crippen LogP contribution in [0, 0.1) is 6.92 Å². The van der Waals surface area contributed by atoms with Crippen LogP contribution in [0.15, 0.2) is 23.1 Å². The van der Waals surface area contributed by atoms with Gasteiger partial charge in [-0.25, -0.2) is 17.9 Å². The topological polar surface area (TPSA) is 92.7 Å². The van der Waals surface area contributed by atoms with Crippen LogP contribution in [0.3, 0.4) is 0 Å². The van der Waals surface area contributed by atoms with E-state index in [1.165, 1.54) is 18.2 Å². The van der Waals surface area contributed by atoms with Gasteiger partial charge in [-0.05, 0) is 44.4 Å². The molecule has 1 aromatic carbocycles. The van der Waals surface area contributed by atoms with Gasteiger partial charge in [0.1, 0.15) is 0 Å². The molecule has 0 aliphatic carbocycles. The van der Waals surface area contributed by atoms with Crippen molar-refractivity contribution in [1.82, 2.24) is 4.72 Å². The molecule has 1 atom stereocenters. The molecule has 0 radical (unpaired) electrons. The third kappa shape index (κ3) is 3.61. The Morgan fingerprint density at radius 3 is 2.76 bits per heavy atom. The van der Waals surface area contributed by atoms with Crippen molar-refractivity contribution >= 4 is 16.0 Å². The SMILES string of the molecule is Cc1ccc(S(=O)(=O)NCC2(C)CCCO2)cc1C(=O)O. The van der Waals surface area contributed by atoms with Crippen LogP contribution in [0.5, 0.6) is 0 Å². The Hall–Kier alpha value is -1.44. The van der Waals surface area contributed by atoms with Gasteiger partial charge in [-0.1, -0.05) is 6.07 Å². The number of hydrogen-bond donors (Lipinski definition) is 2. The predicted octanol–water partition coefficient (Wildman–Crippen LogP) is 1.54. The fraction of sp³-hybridized carbons (Fsp3) is 0.500. The van der Waals surface area contributed by atoms with Crippen LogP contribution < -0.4 is 4.72 Å². The third-order valence-corrected chi connectivity index (χ3v) is 5.09. The van der Waals surface area contributed by atoms with Gasteiger partial charge in [0, 0.05) is 13.2 Å².